The van der Waals surface area contributed by atoms with Gasteiger partial charge in [0.15, 0.2) is 5.82 Å². The van der Waals surface area contributed by atoms with Crippen LogP contribution in [0.1, 0.15) is 39.9 Å². The predicted molar refractivity (Wildman–Crippen MR) is 79.1 cm³/mol. The highest BCUT2D eigenvalue weighted by Gasteiger charge is 2.30. The van der Waals surface area contributed by atoms with E-state index < -0.39 is 0 Å². The molecule has 1 N–H and O–H groups in total. The Morgan fingerprint density at radius 3 is 2.60 bits per heavy atom. The molecule has 1 aliphatic rings. The molecule has 2 unspecified atom stereocenters. The average Bonchev–Trinajstić information content (AvgIpc) is 2.76. The smallest absolute Gasteiger partial charge is 0.188 e. The molecular formula is C14H28N6. The van der Waals surface area contributed by atoms with Gasteiger partial charge in [-0.3, -0.25) is 4.90 Å². The SMILES string of the molecule is CC(C)CC1CNC(C(C)C)CN1Cc1nnn(C)n1. The van der Waals surface area contributed by atoms with E-state index in [1.54, 1.807) is 0 Å². The third kappa shape index (κ3) is 3.99. The number of aryl methyl sites for hydroxylation is 1. The number of aromatic nitrogens is 4. The molecule has 0 spiro atoms. The molecule has 0 amide bonds. The highest BCUT2D eigenvalue weighted by atomic mass is 15.6. The van der Waals surface area contributed by atoms with Gasteiger partial charge >= 0.3 is 0 Å². The fourth-order valence-electron chi connectivity index (χ4n) is 2.87. The topological polar surface area (TPSA) is 58.9 Å². The molecular weight excluding hydrogens is 252 g/mol. The number of tetrazole rings is 1. The maximum absolute atomic E-state index is 4.32. The van der Waals surface area contributed by atoms with E-state index in [0.29, 0.717) is 23.9 Å². The van der Waals surface area contributed by atoms with Gasteiger partial charge in [-0.2, -0.15) is 4.80 Å². The van der Waals surface area contributed by atoms with Gasteiger partial charge in [0, 0.05) is 25.2 Å². The van der Waals surface area contributed by atoms with E-state index in [0.717, 1.165) is 25.5 Å². The highest BCUT2D eigenvalue weighted by Crippen LogP contribution is 2.19. The Morgan fingerprint density at radius 2 is 2.05 bits per heavy atom. The van der Waals surface area contributed by atoms with E-state index in [9.17, 15) is 0 Å². The van der Waals surface area contributed by atoms with Gasteiger partial charge < -0.3 is 5.32 Å². The molecule has 0 radical (unpaired) electrons. The second kappa shape index (κ2) is 6.63. The van der Waals surface area contributed by atoms with Crippen LogP contribution in [0.2, 0.25) is 0 Å². The molecule has 0 bridgehead atoms. The van der Waals surface area contributed by atoms with E-state index in [-0.39, 0.29) is 0 Å². The third-order valence-corrected chi connectivity index (χ3v) is 4.01. The molecule has 0 saturated carbocycles. The predicted octanol–water partition coefficient (Wildman–Crippen LogP) is 1.05. The lowest BCUT2D eigenvalue weighted by molar-refractivity contribution is 0.0898. The molecule has 1 aromatic rings. The maximum atomic E-state index is 4.32. The summed E-state index contributed by atoms with van der Waals surface area (Å²) in [7, 11) is 1.82. The minimum Gasteiger partial charge on any atom is -0.311 e. The van der Waals surface area contributed by atoms with E-state index in [2.05, 4.69) is 53.3 Å². The van der Waals surface area contributed by atoms with Crippen LogP contribution < -0.4 is 5.32 Å². The van der Waals surface area contributed by atoms with Crippen molar-refractivity contribution in [3.63, 3.8) is 0 Å². The van der Waals surface area contributed by atoms with Crippen molar-refractivity contribution in [1.29, 1.82) is 0 Å². The quantitative estimate of drug-likeness (QED) is 0.874. The summed E-state index contributed by atoms with van der Waals surface area (Å²) >= 11 is 0. The molecule has 2 heterocycles. The molecule has 0 aromatic carbocycles. The van der Waals surface area contributed by atoms with Crippen molar-refractivity contribution in [2.45, 2.75) is 52.7 Å². The van der Waals surface area contributed by atoms with Gasteiger partial charge in [0.25, 0.3) is 0 Å². The normalized spacial score (nSPS) is 24.8. The van der Waals surface area contributed by atoms with Gasteiger partial charge in [-0.1, -0.05) is 27.7 Å². The minimum absolute atomic E-state index is 0.551. The fourth-order valence-corrected chi connectivity index (χ4v) is 2.87. The van der Waals surface area contributed by atoms with Crippen molar-refractivity contribution in [2.75, 3.05) is 13.1 Å². The summed E-state index contributed by atoms with van der Waals surface area (Å²) in [5.74, 6) is 2.17. The van der Waals surface area contributed by atoms with Gasteiger partial charge in [0.2, 0.25) is 0 Å². The van der Waals surface area contributed by atoms with Gasteiger partial charge in [0.05, 0.1) is 13.6 Å². The highest BCUT2D eigenvalue weighted by molar-refractivity contribution is 4.90. The van der Waals surface area contributed by atoms with Gasteiger partial charge in [-0.15, -0.1) is 10.2 Å². The second-order valence-electron chi connectivity index (χ2n) is 6.67. The first-order chi connectivity index (χ1) is 9.45. The molecule has 0 aliphatic carbocycles. The summed E-state index contributed by atoms with van der Waals surface area (Å²) in [6.07, 6.45) is 1.21. The van der Waals surface area contributed by atoms with Crippen LogP contribution >= 0.6 is 0 Å². The molecule has 6 nitrogen and oxygen atoms in total. The summed E-state index contributed by atoms with van der Waals surface area (Å²) in [4.78, 5) is 4.06. The van der Waals surface area contributed by atoms with Crippen LogP contribution in [-0.2, 0) is 13.6 Å². The fraction of sp³-hybridized carbons (Fsp3) is 0.929. The second-order valence-corrected chi connectivity index (χ2v) is 6.67. The Balaban J connectivity index is 2.04. The number of piperazine rings is 1. The molecule has 1 aromatic heterocycles. The standard InChI is InChI=1S/C14H28N6/c1-10(2)6-12-7-15-13(11(3)4)8-20(12)9-14-16-18-19(5)17-14/h10-13,15H,6-9H2,1-5H3. The van der Waals surface area contributed by atoms with Crippen LogP contribution in [0.4, 0.5) is 0 Å². The van der Waals surface area contributed by atoms with Crippen molar-refractivity contribution in [3.8, 4) is 0 Å². The van der Waals surface area contributed by atoms with Crippen LogP contribution in [-0.4, -0.2) is 50.3 Å². The van der Waals surface area contributed by atoms with Crippen molar-refractivity contribution in [2.24, 2.45) is 18.9 Å². The van der Waals surface area contributed by atoms with E-state index in [4.69, 9.17) is 0 Å². The van der Waals surface area contributed by atoms with E-state index in [1.807, 2.05) is 7.05 Å². The zero-order valence-corrected chi connectivity index (χ0v) is 13.4. The zero-order valence-electron chi connectivity index (χ0n) is 13.4. The first-order valence-corrected chi connectivity index (χ1v) is 7.66. The molecule has 6 heteroatoms. The van der Waals surface area contributed by atoms with Crippen molar-refractivity contribution in [1.82, 2.24) is 30.4 Å². The number of nitrogens with zero attached hydrogens (tertiary/aromatic N) is 5. The minimum atomic E-state index is 0.551. The summed E-state index contributed by atoms with van der Waals surface area (Å²) < 4.78 is 0. The lowest BCUT2D eigenvalue weighted by atomic mass is 9.95. The van der Waals surface area contributed by atoms with Crippen LogP contribution in [0.25, 0.3) is 0 Å². The van der Waals surface area contributed by atoms with Crippen molar-refractivity contribution >= 4 is 0 Å². The largest absolute Gasteiger partial charge is 0.311 e. The lowest BCUT2D eigenvalue weighted by Gasteiger charge is -2.42. The van der Waals surface area contributed by atoms with E-state index in [1.165, 1.54) is 11.2 Å². The Bertz CT molecular complexity index is 414. The van der Waals surface area contributed by atoms with Crippen molar-refractivity contribution in [3.05, 3.63) is 5.82 Å². The van der Waals surface area contributed by atoms with Gasteiger partial charge in [0.1, 0.15) is 0 Å². The number of hydrogen-bond donors (Lipinski definition) is 1. The molecule has 2 rings (SSSR count). The van der Waals surface area contributed by atoms with Crippen molar-refractivity contribution < 1.29 is 0 Å². The van der Waals surface area contributed by atoms with Crippen LogP contribution in [0.3, 0.4) is 0 Å². The summed E-state index contributed by atoms with van der Waals surface area (Å²) in [6, 6.07) is 1.11. The first kappa shape index (κ1) is 15.4. The zero-order chi connectivity index (χ0) is 14.7. The Labute approximate surface area is 121 Å². The van der Waals surface area contributed by atoms with Crippen LogP contribution in [0.15, 0.2) is 0 Å². The first-order valence-electron chi connectivity index (χ1n) is 7.66. The molecule has 1 saturated heterocycles. The number of rotatable bonds is 5. The summed E-state index contributed by atoms with van der Waals surface area (Å²) in [6.45, 7) is 12.0. The third-order valence-electron chi connectivity index (χ3n) is 4.01. The van der Waals surface area contributed by atoms with Gasteiger partial charge in [-0.25, -0.2) is 0 Å². The Morgan fingerprint density at radius 1 is 1.30 bits per heavy atom. The Kier molecular flexibility index (Phi) is 5.10. The molecule has 2 atom stereocenters. The lowest BCUT2D eigenvalue weighted by Crippen LogP contribution is -2.58. The van der Waals surface area contributed by atoms with Crippen LogP contribution in [0, 0.1) is 11.8 Å². The maximum Gasteiger partial charge on any atom is 0.188 e. The van der Waals surface area contributed by atoms with E-state index >= 15 is 0 Å². The summed E-state index contributed by atoms with van der Waals surface area (Å²) in [5.41, 5.74) is 0. The molecule has 20 heavy (non-hydrogen) atoms. The number of hydrogen-bond acceptors (Lipinski definition) is 5. The Hall–Kier alpha value is -1.01. The monoisotopic (exact) mass is 280 g/mol. The molecule has 1 aliphatic heterocycles. The molecule has 114 valence electrons. The summed E-state index contributed by atoms with van der Waals surface area (Å²) in [5, 5.41) is 16.1. The number of nitrogens with one attached hydrogen (secondary N) is 1. The average molecular weight is 280 g/mol. The van der Waals surface area contributed by atoms with Crippen LogP contribution in [0.5, 0.6) is 0 Å². The molecule has 1 fully saturated rings. The van der Waals surface area contributed by atoms with Gasteiger partial charge in [-0.05, 0) is 23.5 Å².